The van der Waals surface area contributed by atoms with Crippen LogP contribution in [-0.4, -0.2) is 32.9 Å². The first kappa shape index (κ1) is 19.4. The van der Waals surface area contributed by atoms with Crippen LogP contribution in [0.15, 0.2) is 48.5 Å². The Balaban J connectivity index is 1.74. The number of benzene rings is 2. The molecule has 0 saturated carbocycles. The summed E-state index contributed by atoms with van der Waals surface area (Å²) in [5.74, 6) is 1.14. The van der Waals surface area contributed by atoms with Gasteiger partial charge in [-0.15, -0.1) is 0 Å². The lowest BCUT2D eigenvalue weighted by Gasteiger charge is -2.29. The van der Waals surface area contributed by atoms with Crippen molar-refractivity contribution in [2.45, 2.75) is 26.1 Å². The lowest BCUT2D eigenvalue weighted by molar-refractivity contribution is -0.133. The number of anilines is 2. The molecule has 0 saturated heterocycles. The van der Waals surface area contributed by atoms with E-state index >= 15 is 0 Å². The number of hydrogen-bond donors (Lipinski definition) is 2. The maximum atomic E-state index is 13.4. The second-order valence-corrected chi connectivity index (χ2v) is 7.50. The van der Waals surface area contributed by atoms with Crippen molar-refractivity contribution in [2.24, 2.45) is 5.73 Å². The Hall–Kier alpha value is -2.90. The summed E-state index contributed by atoms with van der Waals surface area (Å²) in [6, 6.07) is 13.0. The van der Waals surface area contributed by atoms with Crippen LogP contribution in [0.5, 0.6) is 0 Å². The Morgan fingerprint density at radius 3 is 2.52 bits per heavy atom. The van der Waals surface area contributed by atoms with Crippen molar-refractivity contribution in [1.29, 1.82) is 0 Å². The van der Waals surface area contributed by atoms with E-state index in [1.807, 2.05) is 12.1 Å². The molecular weight excluding hydrogens is 393 g/mol. The second-order valence-electron chi connectivity index (χ2n) is 7.06. The minimum Gasteiger partial charge on any atom is -0.340 e. The van der Waals surface area contributed by atoms with Gasteiger partial charge in [-0.2, -0.15) is 0 Å². The van der Waals surface area contributed by atoms with Crippen molar-refractivity contribution in [3.63, 3.8) is 0 Å². The molecule has 3 N–H and O–H groups in total. The molecule has 2 heterocycles. The summed E-state index contributed by atoms with van der Waals surface area (Å²) in [6.07, 6.45) is 0. The zero-order valence-electron chi connectivity index (χ0n) is 15.9. The van der Waals surface area contributed by atoms with E-state index in [0.717, 1.165) is 22.9 Å². The van der Waals surface area contributed by atoms with E-state index in [9.17, 15) is 9.18 Å². The van der Waals surface area contributed by atoms with E-state index in [1.54, 1.807) is 36.1 Å². The van der Waals surface area contributed by atoms with Gasteiger partial charge < -0.3 is 20.5 Å². The molecule has 4 rings (SSSR count). The van der Waals surface area contributed by atoms with Gasteiger partial charge in [0.1, 0.15) is 23.2 Å². The number of aromatic nitrogens is 2. The van der Waals surface area contributed by atoms with Gasteiger partial charge in [0.05, 0.1) is 12.6 Å². The molecule has 1 atom stereocenters. The average Bonchev–Trinajstić information content (AvgIpc) is 3.07. The van der Waals surface area contributed by atoms with Crippen LogP contribution in [0.25, 0.3) is 11.3 Å². The molecule has 0 fully saturated rings. The van der Waals surface area contributed by atoms with Crippen LogP contribution in [0.1, 0.15) is 12.7 Å². The van der Waals surface area contributed by atoms with Crippen molar-refractivity contribution < 1.29 is 9.18 Å². The van der Waals surface area contributed by atoms with Gasteiger partial charge in [0.15, 0.2) is 0 Å². The minimum atomic E-state index is -0.556. The fraction of sp³-hybridized carbons (Fsp3) is 0.238. The van der Waals surface area contributed by atoms with Crippen molar-refractivity contribution in [2.75, 3.05) is 11.9 Å². The number of carbonyl (C=O) groups is 1. The fourth-order valence-electron chi connectivity index (χ4n) is 3.41. The van der Waals surface area contributed by atoms with E-state index in [2.05, 4.69) is 9.88 Å². The zero-order valence-corrected chi connectivity index (χ0v) is 16.7. The summed E-state index contributed by atoms with van der Waals surface area (Å²) >= 11 is 5.99. The van der Waals surface area contributed by atoms with Gasteiger partial charge in [-0.05, 0) is 55.5 Å². The van der Waals surface area contributed by atoms with Gasteiger partial charge in [-0.3, -0.25) is 4.79 Å². The molecule has 1 aliphatic heterocycles. The van der Waals surface area contributed by atoms with Crippen molar-refractivity contribution >= 4 is 29.0 Å². The molecule has 6 nitrogen and oxygen atoms in total. The van der Waals surface area contributed by atoms with Gasteiger partial charge in [-0.25, -0.2) is 9.37 Å². The normalized spacial score (nSPS) is 14.4. The topological polar surface area (TPSA) is 76.2 Å². The molecule has 3 aromatic rings. The highest BCUT2D eigenvalue weighted by atomic mass is 35.5. The standard InChI is InChI=1S/C21H21ClFN5O/c1-13(24)21(29)27-10-11-28-18(12-27)26-19(14-2-6-16(23)7-3-14)20(28)25-17-8-4-15(22)5-9-17/h2-9,13,25H,10-12,24H2,1H3/t13-/m0/s1. The third-order valence-electron chi connectivity index (χ3n) is 4.90. The highest BCUT2D eigenvalue weighted by Gasteiger charge is 2.28. The molecule has 29 heavy (non-hydrogen) atoms. The predicted octanol–water partition coefficient (Wildman–Crippen LogP) is 3.78. The first-order chi connectivity index (χ1) is 13.9. The molecule has 1 aliphatic rings. The number of imidazole rings is 1. The SMILES string of the molecule is C[C@H](N)C(=O)N1CCn2c(nc(-c3ccc(F)cc3)c2Nc2ccc(Cl)cc2)C1. The Kier molecular flexibility index (Phi) is 5.25. The third kappa shape index (κ3) is 3.97. The summed E-state index contributed by atoms with van der Waals surface area (Å²) in [7, 11) is 0. The van der Waals surface area contributed by atoms with Gasteiger partial charge in [0, 0.05) is 29.4 Å². The monoisotopic (exact) mass is 413 g/mol. The highest BCUT2D eigenvalue weighted by Crippen LogP contribution is 2.33. The number of carbonyl (C=O) groups excluding carboxylic acids is 1. The summed E-state index contributed by atoms with van der Waals surface area (Å²) in [6.45, 7) is 3.18. The first-order valence-corrected chi connectivity index (χ1v) is 9.72. The Morgan fingerprint density at radius 1 is 1.17 bits per heavy atom. The van der Waals surface area contributed by atoms with Crippen molar-refractivity contribution in [3.8, 4) is 11.3 Å². The second kappa shape index (κ2) is 7.85. The molecule has 0 bridgehead atoms. The van der Waals surface area contributed by atoms with Crippen LogP contribution >= 0.6 is 11.6 Å². The molecule has 0 unspecified atom stereocenters. The van der Waals surface area contributed by atoms with Crippen LogP contribution in [0.3, 0.4) is 0 Å². The van der Waals surface area contributed by atoms with E-state index < -0.39 is 6.04 Å². The van der Waals surface area contributed by atoms with Crippen LogP contribution in [0.4, 0.5) is 15.9 Å². The lowest BCUT2D eigenvalue weighted by atomic mass is 10.1. The Morgan fingerprint density at radius 2 is 1.86 bits per heavy atom. The van der Waals surface area contributed by atoms with Crippen LogP contribution in [0, 0.1) is 5.82 Å². The van der Waals surface area contributed by atoms with E-state index in [4.69, 9.17) is 22.3 Å². The molecular formula is C21H21ClFN5O. The number of hydrogen-bond acceptors (Lipinski definition) is 4. The number of halogens is 2. The molecule has 1 amide bonds. The van der Waals surface area contributed by atoms with E-state index in [-0.39, 0.29) is 11.7 Å². The summed E-state index contributed by atoms with van der Waals surface area (Å²) in [5, 5.41) is 4.06. The Bertz CT molecular complexity index is 1030. The number of rotatable bonds is 4. The number of nitrogens with one attached hydrogen (secondary N) is 1. The highest BCUT2D eigenvalue weighted by molar-refractivity contribution is 6.30. The predicted molar refractivity (Wildman–Crippen MR) is 111 cm³/mol. The van der Waals surface area contributed by atoms with Gasteiger partial charge >= 0.3 is 0 Å². The minimum absolute atomic E-state index is 0.102. The number of nitrogens with two attached hydrogens (primary N) is 1. The fourth-order valence-corrected chi connectivity index (χ4v) is 3.54. The first-order valence-electron chi connectivity index (χ1n) is 9.34. The number of fused-ring (bicyclic) bond motifs is 1. The molecule has 0 aliphatic carbocycles. The van der Waals surface area contributed by atoms with Crippen LogP contribution in [0.2, 0.25) is 5.02 Å². The summed E-state index contributed by atoms with van der Waals surface area (Å²) < 4.78 is 15.5. The summed E-state index contributed by atoms with van der Waals surface area (Å²) in [5.41, 5.74) is 8.11. The van der Waals surface area contributed by atoms with Crippen molar-refractivity contribution in [3.05, 3.63) is 65.2 Å². The number of amides is 1. The lowest BCUT2D eigenvalue weighted by Crippen LogP contribution is -2.45. The van der Waals surface area contributed by atoms with Crippen molar-refractivity contribution in [1.82, 2.24) is 14.5 Å². The number of nitrogens with zero attached hydrogens (tertiary/aromatic N) is 3. The third-order valence-corrected chi connectivity index (χ3v) is 5.15. The van der Waals surface area contributed by atoms with E-state index in [0.29, 0.717) is 30.4 Å². The largest absolute Gasteiger partial charge is 0.340 e. The molecule has 8 heteroatoms. The molecule has 0 spiro atoms. The van der Waals surface area contributed by atoms with Crippen LogP contribution < -0.4 is 11.1 Å². The molecule has 1 aromatic heterocycles. The smallest absolute Gasteiger partial charge is 0.239 e. The van der Waals surface area contributed by atoms with Gasteiger partial charge in [0.2, 0.25) is 5.91 Å². The maximum absolute atomic E-state index is 13.4. The maximum Gasteiger partial charge on any atom is 0.239 e. The Labute approximate surface area is 173 Å². The van der Waals surface area contributed by atoms with Crippen LogP contribution in [-0.2, 0) is 17.9 Å². The quantitative estimate of drug-likeness (QED) is 0.682. The summed E-state index contributed by atoms with van der Waals surface area (Å²) in [4.78, 5) is 18.8. The molecule has 150 valence electrons. The zero-order chi connectivity index (χ0) is 20.5. The van der Waals surface area contributed by atoms with E-state index in [1.165, 1.54) is 12.1 Å². The van der Waals surface area contributed by atoms with Gasteiger partial charge in [0.25, 0.3) is 0 Å². The van der Waals surface area contributed by atoms with Gasteiger partial charge in [-0.1, -0.05) is 11.6 Å². The average molecular weight is 414 g/mol. The molecule has 2 aromatic carbocycles. The molecule has 0 radical (unpaired) electrons.